The molecule has 0 aromatic rings. The van der Waals surface area contributed by atoms with Gasteiger partial charge in [-0.2, -0.15) is 83.1 Å². The smallest absolute Gasteiger partial charge is 0.265 e. The predicted octanol–water partition coefficient (Wildman–Crippen LogP) is 5.96. The number of hydrogen-bond donors (Lipinski definition) is 0. The van der Waals surface area contributed by atoms with E-state index in [-0.39, 0.29) is 0 Å². The molecular formula is C12H9F17O3S. The van der Waals surface area contributed by atoms with E-state index in [1.54, 1.807) is 0 Å². The van der Waals surface area contributed by atoms with Gasteiger partial charge in [-0.05, 0) is 5.92 Å². The lowest BCUT2D eigenvalue weighted by Crippen LogP contribution is -2.75. The minimum absolute atomic E-state index is 0.929. The molecule has 0 rings (SSSR count). The van der Waals surface area contributed by atoms with Crippen LogP contribution in [0.4, 0.5) is 74.6 Å². The number of alkyl halides is 17. The minimum Gasteiger partial charge on any atom is -0.265 e. The molecule has 0 unspecified atom stereocenters. The van der Waals surface area contributed by atoms with E-state index in [0.717, 1.165) is 13.8 Å². The maximum atomic E-state index is 13.5. The summed E-state index contributed by atoms with van der Waals surface area (Å²) in [5, 5.41) is -7.63. The fraction of sp³-hybridized carbons (Fsp3) is 1.00. The fourth-order valence-electron chi connectivity index (χ4n) is 1.61. The number of rotatable bonds is 10. The van der Waals surface area contributed by atoms with Crippen molar-refractivity contribution in [3.05, 3.63) is 0 Å². The molecule has 0 radical (unpaired) electrons. The molecule has 0 aliphatic carbocycles. The maximum Gasteiger partial charge on any atom is 0.460 e. The Balaban J connectivity index is 6.83. The third-order valence-electron chi connectivity index (χ3n) is 3.56. The zero-order valence-corrected chi connectivity index (χ0v) is 16.2. The molecule has 0 aliphatic rings. The van der Waals surface area contributed by atoms with E-state index in [1.807, 2.05) is 0 Å². The fourth-order valence-corrected chi connectivity index (χ4v) is 2.65. The summed E-state index contributed by atoms with van der Waals surface area (Å²) in [5.41, 5.74) is 0. The highest BCUT2D eigenvalue weighted by Crippen LogP contribution is 2.64. The summed E-state index contributed by atoms with van der Waals surface area (Å²) in [6, 6.07) is 0. The van der Waals surface area contributed by atoms with Crippen LogP contribution in [-0.4, -0.2) is 62.0 Å². The quantitative estimate of drug-likeness (QED) is 0.247. The molecule has 200 valence electrons. The van der Waals surface area contributed by atoms with Gasteiger partial charge in [-0.3, -0.25) is 4.18 Å². The zero-order chi connectivity index (χ0) is 27.5. The topological polar surface area (TPSA) is 43.4 Å². The van der Waals surface area contributed by atoms with Crippen molar-refractivity contribution in [2.45, 2.75) is 60.8 Å². The third kappa shape index (κ3) is 4.30. The van der Waals surface area contributed by atoms with E-state index in [4.69, 9.17) is 0 Å². The van der Waals surface area contributed by atoms with E-state index in [0.29, 0.717) is 0 Å². The molecule has 0 bridgehead atoms. The van der Waals surface area contributed by atoms with Crippen LogP contribution in [0.2, 0.25) is 0 Å². The monoisotopic (exact) mass is 556 g/mol. The highest BCUT2D eigenvalue weighted by atomic mass is 32.2. The Kier molecular flexibility index (Phi) is 7.83. The van der Waals surface area contributed by atoms with Crippen molar-refractivity contribution in [2.75, 3.05) is 6.61 Å². The van der Waals surface area contributed by atoms with Gasteiger partial charge >= 0.3 is 57.1 Å². The second kappa shape index (κ2) is 8.14. The normalized spacial score (nSPS) is 16.5. The molecule has 0 spiro atoms. The first-order valence-electron chi connectivity index (χ1n) is 7.52. The molecule has 0 N–H and O–H groups in total. The van der Waals surface area contributed by atoms with Crippen LogP contribution in [0, 0.1) is 5.92 Å². The van der Waals surface area contributed by atoms with Gasteiger partial charge in [-0.25, -0.2) is 0 Å². The van der Waals surface area contributed by atoms with E-state index in [2.05, 4.69) is 4.18 Å². The Morgan fingerprint density at radius 1 is 0.545 bits per heavy atom. The summed E-state index contributed by atoms with van der Waals surface area (Å²) in [6.45, 7) is 0.331. The van der Waals surface area contributed by atoms with Gasteiger partial charge in [0.1, 0.15) is 0 Å². The van der Waals surface area contributed by atoms with Gasteiger partial charge in [0, 0.05) is 0 Å². The van der Waals surface area contributed by atoms with Crippen molar-refractivity contribution in [2.24, 2.45) is 5.92 Å². The summed E-state index contributed by atoms with van der Waals surface area (Å²) in [7, 11) is -7.45. The van der Waals surface area contributed by atoms with E-state index in [9.17, 15) is 83.1 Å². The van der Waals surface area contributed by atoms with Gasteiger partial charge < -0.3 is 0 Å². The third-order valence-corrected chi connectivity index (χ3v) is 4.89. The van der Waals surface area contributed by atoms with Crippen LogP contribution in [0.25, 0.3) is 0 Å². The summed E-state index contributed by atoms with van der Waals surface area (Å²) >= 11 is 0. The van der Waals surface area contributed by atoms with E-state index in [1.165, 1.54) is 0 Å². The molecule has 0 fully saturated rings. The Labute approximate surface area is 172 Å². The van der Waals surface area contributed by atoms with Gasteiger partial charge in [-0.15, -0.1) is 0 Å². The van der Waals surface area contributed by atoms with Crippen molar-refractivity contribution in [3.63, 3.8) is 0 Å². The largest absolute Gasteiger partial charge is 0.460 e. The molecule has 3 nitrogen and oxygen atoms in total. The van der Waals surface area contributed by atoms with Crippen LogP contribution in [-0.2, 0) is 14.3 Å². The summed E-state index contributed by atoms with van der Waals surface area (Å²) < 4.78 is 247. The van der Waals surface area contributed by atoms with Crippen molar-refractivity contribution in [3.8, 4) is 0 Å². The predicted molar refractivity (Wildman–Crippen MR) is 70.4 cm³/mol. The molecule has 0 atom stereocenters. The molecule has 0 saturated carbocycles. The highest BCUT2D eigenvalue weighted by Gasteiger charge is 2.96. The van der Waals surface area contributed by atoms with Crippen LogP contribution in [0.15, 0.2) is 0 Å². The lowest BCUT2D eigenvalue weighted by Gasteiger charge is -2.42. The first-order chi connectivity index (χ1) is 13.9. The Hall–Kier alpha value is -1.28. The molecule has 0 amide bonds. The molecule has 21 heteroatoms. The van der Waals surface area contributed by atoms with Gasteiger partial charge in [0.25, 0.3) is 0 Å². The first-order valence-corrected chi connectivity index (χ1v) is 8.93. The average molecular weight is 556 g/mol. The summed E-state index contributed by atoms with van der Waals surface area (Å²) in [4.78, 5) is 0. The van der Waals surface area contributed by atoms with Crippen LogP contribution in [0.5, 0.6) is 0 Å². The van der Waals surface area contributed by atoms with Crippen molar-refractivity contribution >= 4 is 10.1 Å². The van der Waals surface area contributed by atoms with Gasteiger partial charge in [0.2, 0.25) is 0 Å². The highest BCUT2D eigenvalue weighted by molar-refractivity contribution is 7.87. The second-order valence-corrected chi connectivity index (χ2v) is 8.25. The Morgan fingerprint density at radius 2 is 0.818 bits per heavy atom. The van der Waals surface area contributed by atoms with Crippen molar-refractivity contribution < 1.29 is 87.2 Å². The molecule has 0 saturated heterocycles. The Morgan fingerprint density at radius 3 is 1.09 bits per heavy atom. The van der Waals surface area contributed by atoms with E-state index >= 15 is 0 Å². The molecule has 0 aliphatic heterocycles. The van der Waals surface area contributed by atoms with Gasteiger partial charge in [-0.1, -0.05) is 13.8 Å². The zero-order valence-electron chi connectivity index (χ0n) is 15.3. The molecule has 33 heavy (non-hydrogen) atoms. The van der Waals surface area contributed by atoms with Crippen LogP contribution in [0.3, 0.4) is 0 Å². The van der Waals surface area contributed by atoms with Crippen molar-refractivity contribution in [1.82, 2.24) is 0 Å². The van der Waals surface area contributed by atoms with Crippen LogP contribution >= 0.6 is 0 Å². The lowest BCUT2D eigenvalue weighted by atomic mass is 9.91. The Bertz CT molecular complexity index is 812. The molecule has 0 heterocycles. The SMILES string of the molecule is CC(C)COS(=O)(=O)C(F)(F)C(F)(F)C(F)(F)C(F)(F)C(F)(F)C(F)(F)C(F)(F)C(F)(F)F. The standard InChI is InChI=1S/C12H9F17O3S/c1-4(2)3-32-33(30,31)12(28,29)10(23,24)8(19,20)6(15,16)5(13,14)7(17,18)9(21,22)11(25,26)27/h4H,3H2,1-2H3. The van der Waals surface area contributed by atoms with Crippen LogP contribution < -0.4 is 0 Å². The lowest BCUT2D eigenvalue weighted by molar-refractivity contribution is -0.458. The minimum atomic E-state index is -8.85. The van der Waals surface area contributed by atoms with Crippen molar-refractivity contribution in [1.29, 1.82) is 0 Å². The summed E-state index contributed by atoms with van der Waals surface area (Å²) in [6.07, 6.45) is -7.87. The second-order valence-electron chi connectivity index (χ2n) is 6.59. The van der Waals surface area contributed by atoms with E-state index < -0.39 is 69.6 Å². The molecular weight excluding hydrogens is 547 g/mol. The number of halogens is 17. The van der Waals surface area contributed by atoms with Gasteiger partial charge in [0.15, 0.2) is 0 Å². The maximum absolute atomic E-state index is 13.5. The average Bonchev–Trinajstić information content (AvgIpc) is 2.57. The number of hydrogen-bond acceptors (Lipinski definition) is 3. The summed E-state index contributed by atoms with van der Waals surface area (Å²) in [5.74, 6) is -52.8. The molecule has 0 aromatic carbocycles. The van der Waals surface area contributed by atoms with Gasteiger partial charge in [0.05, 0.1) is 6.61 Å². The molecule has 0 aromatic heterocycles. The van der Waals surface area contributed by atoms with Crippen LogP contribution in [0.1, 0.15) is 13.8 Å². The first kappa shape index (κ1) is 31.7.